The molecule has 0 atom stereocenters. The third-order valence-electron chi connectivity index (χ3n) is 7.28. The second-order valence-corrected chi connectivity index (χ2v) is 9.84. The van der Waals surface area contributed by atoms with E-state index in [9.17, 15) is 0 Å². The highest BCUT2D eigenvalue weighted by Gasteiger charge is 2.20. The molecule has 1 aliphatic carbocycles. The van der Waals surface area contributed by atoms with Crippen molar-refractivity contribution in [3.05, 3.63) is 47.7 Å². The van der Waals surface area contributed by atoms with Crippen molar-refractivity contribution < 1.29 is 0 Å². The largest absolute Gasteiger partial charge is 0.155 e. The van der Waals surface area contributed by atoms with Crippen LogP contribution in [0.25, 0.3) is 11.3 Å². The van der Waals surface area contributed by atoms with Gasteiger partial charge in [0.25, 0.3) is 0 Å². The number of unbranched alkanes of at least 4 members (excludes halogenated alkanes) is 5. The van der Waals surface area contributed by atoms with Crippen LogP contribution in [-0.2, 0) is 12.8 Å². The maximum atomic E-state index is 4.44. The molecule has 1 aromatic carbocycles. The van der Waals surface area contributed by atoms with Gasteiger partial charge in [-0.2, -0.15) is 10.2 Å². The van der Waals surface area contributed by atoms with Crippen molar-refractivity contribution >= 4 is 0 Å². The molecule has 0 bridgehead atoms. The average Bonchev–Trinajstić information content (AvgIpc) is 2.83. The molecule has 2 heteroatoms. The zero-order valence-corrected chi connectivity index (χ0v) is 20.1. The predicted octanol–water partition coefficient (Wildman–Crippen LogP) is 8.59. The van der Waals surface area contributed by atoms with Crippen molar-refractivity contribution in [2.45, 2.75) is 110 Å². The van der Waals surface area contributed by atoms with Gasteiger partial charge in [-0.25, -0.2) is 0 Å². The number of nitrogens with zero attached hydrogens (tertiary/aromatic N) is 2. The molecule has 0 amide bonds. The molecule has 2 nitrogen and oxygen atoms in total. The molecule has 0 unspecified atom stereocenters. The minimum Gasteiger partial charge on any atom is -0.155 e. The first kappa shape index (κ1) is 24.0. The second-order valence-electron chi connectivity index (χ2n) is 9.84. The van der Waals surface area contributed by atoms with E-state index in [2.05, 4.69) is 60.4 Å². The summed E-state index contributed by atoms with van der Waals surface area (Å²) in [5.74, 6) is 1.96. The highest BCUT2D eigenvalue weighted by molar-refractivity contribution is 5.58. The van der Waals surface area contributed by atoms with Crippen molar-refractivity contribution in [1.29, 1.82) is 0 Å². The molecule has 1 fully saturated rings. The van der Waals surface area contributed by atoms with Gasteiger partial charge in [-0.1, -0.05) is 109 Å². The van der Waals surface area contributed by atoms with Gasteiger partial charge in [0.1, 0.15) is 0 Å². The minimum absolute atomic E-state index is 0.942. The molecule has 31 heavy (non-hydrogen) atoms. The van der Waals surface area contributed by atoms with Gasteiger partial charge in [0.2, 0.25) is 0 Å². The molecule has 1 aliphatic rings. The number of hydrogen-bond donors (Lipinski definition) is 0. The van der Waals surface area contributed by atoms with Crippen LogP contribution in [-0.4, -0.2) is 10.2 Å². The van der Waals surface area contributed by atoms with Gasteiger partial charge < -0.3 is 0 Å². The SMILES string of the molecule is CCCCCCCC1CCC(CCc2ccc(-c3ccc(CCCC)nn3)cc2)CC1. The number of aryl methyl sites for hydroxylation is 2. The van der Waals surface area contributed by atoms with Crippen molar-refractivity contribution in [3.63, 3.8) is 0 Å². The van der Waals surface area contributed by atoms with Crippen LogP contribution in [0.5, 0.6) is 0 Å². The van der Waals surface area contributed by atoms with Gasteiger partial charge in [-0.05, 0) is 55.2 Å². The Bertz CT molecular complexity index is 711. The van der Waals surface area contributed by atoms with Crippen molar-refractivity contribution in [3.8, 4) is 11.3 Å². The van der Waals surface area contributed by atoms with Gasteiger partial charge in [0.05, 0.1) is 11.4 Å². The summed E-state index contributed by atoms with van der Waals surface area (Å²) >= 11 is 0. The van der Waals surface area contributed by atoms with Gasteiger partial charge >= 0.3 is 0 Å². The summed E-state index contributed by atoms with van der Waals surface area (Å²) in [7, 11) is 0. The molecule has 1 saturated carbocycles. The molecular weight excluding hydrogens is 376 g/mol. The second kappa shape index (κ2) is 13.7. The number of hydrogen-bond acceptors (Lipinski definition) is 2. The van der Waals surface area contributed by atoms with E-state index in [-0.39, 0.29) is 0 Å². The Kier molecular flexibility index (Phi) is 10.6. The van der Waals surface area contributed by atoms with Crippen LogP contribution in [0, 0.1) is 11.8 Å². The smallest absolute Gasteiger partial charge is 0.0929 e. The van der Waals surface area contributed by atoms with Crippen LogP contribution >= 0.6 is 0 Å². The summed E-state index contributed by atoms with van der Waals surface area (Å²) in [5.41, 5.74) is 4.74. The molecule has 0 saturated heterocycles. The summed E-state index contributed by atoms with van der Waals surface area (Å²) in [6.45, 7) is 4.52. The van der Waals surface area contributed by atoms with Gasteiger partial charge in [0, 0.05) is 5.56 Å². The Balaban J connectivity index is 1.36. The molecule has 1 heterocycles. The van der Waals surface area contributed by atoms with Crippen molar-refractivity contribution in [2.24, 2.45) is 11.8 Å². The van der Waals surface area contributed by atoms with Crippen LogP contribution in [0.2, 0.25) is 0 Å². The van der Waals surface area contributed by atoms with Crippen molar-refractivity contribution in [1.82, 2.24) is 10.2 Å². The molecule has 0 spiro atoms. The number of benzene rings is 1. The third-order valence-corrected chi connectivity index (χ3v) is 7.28. The predicted molar refractivity (Wildman–Crippen MR) is 133 cm³/mol. The Labute approximate surface area is 191 Å². The lowest BCUT2D eigenvalue weighted by molar-refractivity contribution is 0.248. The van der Waals surface area contributed by atoms with E-state index in [1.54, 1.807) is 0 Å². The first-order valence-corrected chi connectivity index (χ1v) is 13.2. The molecule has 0 aliphatic heterocycles. The van der Waals surface area contributed by atoms with Gasteiger partial charge in [-0.3, -0.25) is 0 Å². The first-order valence-electron chi connectivity index (χ1n) is 13.2. The van der Waals surface area contributed by atoms with Crippen LogP contribution < -0.4 is 0 Å². The first-order chi connectivity index (χ1) is 15.3. The third kappa shape index (κ3) is 8.39. The average molecular weight is 421 g/mol. The molecule has 2 aromatic rings. The quantitative estimate of drug-likeness (QED) is 0.303. The lowest BCUT2D eigenvalue weighted by Crippen LogP contribution is -2.15. The van der Waals surface area contributed by atoms with Gasteiger partial charge in [0.15, 0.2) is 0 Å². The summed E-state index contributed by atoms with van der Waals surface area (Å²) in [4.78, 5) is 0. The number of rotatable bonds is 13. The number of aromatic nitrogens is 2. The molecule has 3 rings (SSSR count). The molecule has 0 radical (unpaired) electrons. The Morgan fingerprint density at radius 3 is 1.97 bits per heavy atom. The Morgan fingerprint density at radius 1 is 0.645 bits per heavy atom. The van der Waals surface area contributed by atoms with Crippen LogP contribution in [0.1, 0.15) is 109 Å². The normalized spacial score (nSPS) is 18.9. The van der Waals surface area contributed by atoms with E-state index in [1.807, 2.05) is 0 Å². The molecular formula is C29H44N2. The lowest BCUT2D eigenvalue weighted by atomic mass is 9.77. The highest BCUT2D eigenvalue weighted by atomic mass is 15.1. The van der Waals surface area contributed by atoms with Crippen LogP contribution in [0.4, 0.5) is 0 Å². The van der Waals surface area contributed by atoms with Crippen LogP contribution in [0.15, 0.2) is 36.4 Å². The summed E-state index contributed by atoms with van der Waals surface area (Å²) in [5, 5.41) is 8.84. The molecule has 1 aromatic heterocycles. The summed E-state index contributed by atoms with van der Waals surface area (Å²) < 4.78 is 0. The summed E-state index contributed by atoms with van der Waals surface area (Å²) in [6.07, 6.45) is 20.5. The fourth-order valence-corrected chi connectivity index (χ4v) is 5.06. The maximum Gasteiger partial charge on any atom is 0.0929 e. The molecule has 170 valence electrons. The van der Waals surface area contributed by atoms with Gasteiger partial charge in [-0.15, -0.1) is 0 Å². The zero-order chi connectivity index (χ0) is 21.7. The lowest BCUT2D eigenvalue weighted by Gasteiger charge is -2.28. The fraction of sp³-hybridized carbons (Fsp3) is 0.655. The zero-order valence-electron chi connectivity index (χ0n) is 20.1. The Morgan fingerprint density at radius 2 is 1.32 bits per heavy atom. The highest BCUT2D eigenvalue weighted by Crippen LogP contribution is 2.34. The fourth-order valence-electron chi connectivity index (χ4n) is 5.06. The van der Waals surface area contributed by atoms with Crippen molar-refractivity contribution in [2.75, 3.05) is 0 Å². The van der Waals surface area contributed by atoms with E-state index in [1.165, 1.54) is 101 Å². The standard InChI is InChI=1S/C29H44N2/c1-3-5-7-8-9-10-24-12-14-25(15-13-24)16-17-26-18-20-27(21-19-26)29-23-22-28(30-31-29)11-6-4-2/h18-25H,3-17H2,1-2H3. The van der Waals surface area contributed by atoms with Crippen LogP contribution in [0.3, 0.4) is 0 Å². The topological polar surface area (TPSA) is 25.8 Å². The van der Waals surface area contributed by atoms with E-state index in [0.717, 1.165) is 29.6 Å². The molecule has 0 N–H and O–H groups in total. The van der Waals surface area contributed by atoms with E-state index < -0.39 is 0 Å². The Hall–Kier alpha value is -1.70. The summed E-state index contributed by atoms with van der Waals surface area (Å²) in [6, 6.07) is 13.3. The van der Waals surface area contributed by atoms with E-state index >= 15 is 0 Å². The monoisotopic (exact) mass is 420 g/mol. The van der Waals surface area contributed by atoms with E-state index in [0.29, 0.717) is 0 Å². The maximum absolute atomic E-state index is 4.44. The minimum atomic E-state index is 0.942. The van der Waals surface area contributed by atoms with E-state index in [4.69, 9.17) is 0 Å².